The topological polar surface area (TPSA) is 9.23 Å². The number of benzene rings is 1. The molecule has 0 N–H and O–H groups in total. The number of alkyl halides is 6. The van der Waals surface area contributed by atoms with E-state index >= 15 is 0 Å². The van der Waals surface area contributed by atoms with Gasteiger partial charge in [0.25, 0.3) is 0 Å². The highest BCUT2D eigenvalue weighted by Gasteiger charge is 2.63. The first-order valence-corrected chi connectivity index (χ1v) is 11.9. The molecule has 0 heterocycles. The Morgan fingerprint density at radius 1 is 0.882 bits per heavy atom. The van der Waals surface area contributed by atoms with Gasteiger partial charge in [0.1, 0.15) is 0 Å². The van der Waals surface area contributed by atoms with E-state index in [2.05, 4.69) is 24.8 Å². The standard InChI is InChI=1S/C27H36F6O/c1-17(2)7-10-19(4)20(5)25(28,29)26(30,31)21(6)34-27(32,33)24-15-13-23(14-16-24)22-11-8-18(3)9-12-22/h13-19,22H,5-12H2,1-4H3. The molecule has 0 bridgehead atoms. The van der Waals surface area contributed by atoms with Crippen LogP contribution in [0.4, 0.5) is 26.3 Å². The predicted octanol–water partition coefficient (Wildman–Crippen LogP) is 9.46. The molecule has 34 heavy (non-hydrogen) atoms. The minimum atomic E-state index is -5.06. The summed E-state index contributed by atoms with van der Waals surface area (Å²) in [5.74, 6) is -11.7. The first kappa shape index (κ1) is 28.3. The van der Waals surface area contributed by atoms with Crippen molar-refractivity contribution in [2.24, 2.45) is 17.8 Å². The summed E-state index contributed by atoms with van der Waals surface area (Å²) in [6.45, 7) is 13.2. The molecule has 0 radical (unpaired) electrons. The van der Waals surface area contributed by atoms with Gasteiger partial charge in [-0.1, -0.05) is 72.2 Å². The summed E-state index contributed by atoms with van der Waals surface area (Å²) in [7, 11) is 0. The van der Waals surface area contributed by atoms with Crippen molar-refractivity contribution < 1.29 is 31.1 Å². The molecule has 1 aliphatic rings. The summed E-state index contributed by atoms with van der Waals surface area (Å²) in [6, 6.07) is 5.20. The Morgan fingerprint density at radius 3 is 1.91 bits per heavy atom. The first-order valence-electron chi connectivity index (χ1n) is 11.9. The quantitative estimate of drug-likeness (QED) is 0.170. The highest BCUT2D eigenvalue weighted by atomic mass is 19.3. The van der Waals surface area contributed by atoms with Crippen LogP contribution >= 0.6 is 0 Å². The Kier molecular flexibility index (Phi) is 8.98. The minimum absolute atomic E-state index is 0.189. The van der Waals surface area contributed by atoms with Gasteiger partial charge in [0.15, 0.2) is 5.76 Å². The van der Waals surface area contributed by atoms with Crippen LogP contribution in [0.2, 0.25) is 0 Å². The lowest BCUT2D eigenvalue weighted by Gasteiger charge is -2.33. The van der Waals surface area contributed by atoms with E-state index in [-0.39, 0.29) is 18.3 Å². The van der Waals surface area contributed by atoms with Crippen molar-refractivity contribution in [3.63, 3.8) is 0 Å². The Labute approximate surface area is 199 Å². The molecular formula is C27H36F6O. The van der Waals surface area contributed by atoms with Crippen molar-refractivity contribution in [1.29, 1.82) is 0 Å². The molecule has 0 spiro atoms. The number of ether oxygens (including phenoxy) is 1. The molecule has 2 rings (SSSR count). The lowest BCUT2D eigenvalue weighted by Crippen LogP contribution is -2.46. The average Bonchev–Trinajstić information content (AvgIpc) is 2.77. The third kappa shape index (κ3) is 6.39. The Bertz CT molecular complexity index is 835. The van der Waals surface area contributed by atoms with E-state index in [1.54, 1.807) is 0 Å². The Morgan fingerprint density at radius 2 is 1.41 bits per heavy atom. The zero-order chi connectivity index (χ0) is 25.9. The van der Waals surface area contributed by atoms with Crippen molar-refractivity contribution in [1.82, 2.24) is 0 Å². The fraction of sp³-hybridized carbons (Fsp3) is 0.630. The summed E-state index contributed by atoms with van der Waals surface area (Å²) in [5, 5.41) is 0. The van der Waals surface area contributed by atoms with Crippen LogP contribution in [0.25, 0.3) is 0 Å². The molecule has 1 aromatic carbocycles. The largest absolute Gasteiger partial charge is 0.427 e. The lowest BCUT2D eigenvalue weighted by molar-refractivity contribution is -0.266. The second-order valence-corrected chi connectivity index (χ2v) is 10.2. The van der Waals surface area contributed by atoms with Crippen molar-refractivity contribution in [2.45, 2.75) is 90.1 Å². The van der Waals surface area contributed by atoms with Gasteiger partial charge in [0.05, 0.1) is 5.56 Å². The molecule has 1 atom stereocenters. The smallest absolute Gasteiger partial charge is 0.426 e. The van der Waals surface area contributed by atoms with Gasteiger partial charge in [-0.15, -0.1) is 0 Å². The predicted molar refractivity (Wildman–Crippen MR) is 123 cm³/mol. The summed E-state index contributed by atoms with van der Waals surface area (Å²) < 4.78 is 91.9. The molecular weight excluding hydrogens is 454 g/mol. The zero-order valence-corrected chi connectivity index (χ0v) is 20.5. The molecule has 1 unspecified atom stereocenters. The molecule has 0 aromatic heterocycles. The molecule has 1 aromatic rings. The van der Waals surface area contributed by atoms with Crippen molar-refractivity contribution in [3.05, 3.63) is 59.9 Å². The lowest BCUT2D eigenvalue weighted by atomic mass is 9.79. The van der Waals surface area contributed by atoms with Crippen LogP contribution in [0.5, 0.6) is 0 Å². The summed E-state index contributed by atoms with van der Waals surface area (Å²) in [5.41, 5.74) is -0.851. The minimum Gasteiger partial charge on any atom is -0.427 e. The molecule has 1 saturated carbocycles. The van der Waals surface area contributed by atoms with Gasteiger partial charge in [0.2, 0.25) is 0 Å². The maximum Gasteiger partial charge on any atom is 0.426 e. The normalized spacial score (nSPS) is 20.8. The maximum absolute atomic E-state index is 14.6. The Balaban J connectivity index is 2.11. The van der Waals surface area contributed by atoms with Gasteiger partial charge >= 0.3 is 18.0 Å². The molecule has 192 valence electrons. The second-order valence-electron chi connectivity index (χ2n) is 10.2. The van der Waals surface area contributed by atoms with E-state index < -0.39 is 40.8 Å². The monoisotopic (exact) mass is 490 g/mol. The fourth-order valence-corrected chi connectivity index (χ4v) is 4.26. The molecule has 1 fully saturated rings. The van der Waals surface area contributed by atoms with Crippen molar-refractivity contribution in [3.8, 4) is 0 Å². The second kappa shape index (κ2) is 10.8. The van der Waals surface area contributed by atoms with E-state index in [4.69, 9.17) is 0 Å². The van der Waals surface area contributed by atoms with E-state index in [0.29, 0.717) is 12.3 Å². The van der Waals surface area contributed by atoms with Crippen molar-refractivity contribution >= 4 is 0 Å². The van der Waals surface area contributed by atoms with E-state index in [1.807, 2.05) is 13.8 Å². The van der Waals surface area contributed by atoms with Crippen LogP contribution in [-0.2, 0) is 10.8 Å². The summed E-state index contributed by atoms with van der Waals surface area (Å²) >= 11 is 0. The van der Waals surface area contributed by atoms with Gasteiger partial charge in [-0.25, -0.2) is 0 Å². The molecule has 1 nitrogen and oxygen atoms in total. The van der Waals surface area contributed by atoms with Crippen LogP contribution in [0.1, 0.15) is 83.3 Å². The average molecular weight is 491 g/mol. The maximum atomic E-state index is 14.6. The van der Waals surface area contributed by atoms with Crippen LogP contribution in [0.3, 0.4) is 0 Å². The van der Waals surface area contributed by atoms with Gasteiger partial charge in [-0.3, -0.25) is 0 Å². The van der Waals surface area contributed by atoms with Crippen LogP contribution < -0.4 is 0 Å². The fourth-order valence-electron chi connectivity index (χ4n) is 4.26. The van der Waals surface area contributed by atoms with Gasteiger partial charge in [-0.2, -0.15) is 26.3 Å². The van der Waals surface area contributed by atoms with Crippen molar-refractivity contribution in [2.75, 3.05) is 0 Å². The third-order valence-corrected chi connectivity index (χ3v) is 6.91. The Hall–Kier alpha value is -1.92. The zero-order valence-electron chi connectivity index (χ0n) is 20.5. The number of hydrogen-bond acceptors (Lipinski definition) is 1. The first-order chi connectivity index (χ1) is 15.6. The van der Waals surface area contributed by atoms with E-state index in [9.17, 15) is 26.3 Å². The number of rotatable bonds is 11. The van der Waals surface area contributed by atoms with Gasteiger partial charge in [0, 0.05) is 5.57 Å². The highest BCUT2D eigenvalue weighted by molar-refractivity contribution is 5.29. The van der Waals surface area contributed by atoms with Gasteiger partial charge in [-0.05, 0) is 60.6 Å². The molecule has 0 saturated heterocycles. The number of allylic oxidation sites excluding steroid dienone is 2. The third-order valence-electron chi connectivity index (χ3n) is 6.91. The molecule has 0 aliphatic heterocycles. The molecule has 0 amide bonds. The molecule has 7 heteroatoms. The van der Waals surface area contributed by atoms with Gasteiger partial charge < -0.3 is 4.74 Å². The summed E-state index contributed by atoms with van der Waals surface area (Å²) in [6.07, 6.45) is 0.508. The number of halogens is 6. The van der Waals surface area contributed by atoms with Crippen LogP contribution in [0.15, 0.2) is 48.8 Å². The van der Waals surface area contributed by atoms with Crippen LogP contribution in [0, 0.1) is 17.8 Å². The molecule has 1 aliphatic carbocycles. The summed E-state index contributed by atoms with van der Waals surface area (Å²) in [4.78, 5) is 0. The highest BCUT2D eigenvalue weighted by Crippen LogP contribution is 2.49. The number of hydrogen-bond donors (Lipinski definition) is 0. The SMILES string of the molecule is C=C(OC(F)(F)c1ccc(C2CCC(C)CC2)cc1)C(F)(F)C(F)(F)C(=C)C(C)CCC(C)C. The van der Waals surface area contributed by atoms with Crippen LogP contribution in [-0.4, -0.2) is 11.8 Å². The van der Waals surface area contributed by atoms with E-state index in [0.717, 1.165) is 43.4 Å². The van der Waals surface area contributed by atoms with E-state index in [1.165, 1.54) is 19.1 Å².